The smallest absolute Gasteiger partial charge is 0.308 e. The minimum atomic E-state index is -0.846. The van der Waals surface area contributed by atoms with Crippen molar-refractivity contribution in [2.75, 3.05) is 0 Å². The number of rotatable bonds is 6. The van der Waals surface area contributed by atoms with Gasteiger partial charge in [0.05, 0.1) is 0 Å². The van der Waals surface area contributed by atoms with Crippen molar-refractivity contribution in [3.05, 3.63) is 63.2 Å². The first kappa shape index (κ1) is 18.9. The Labute approximate surface area is 158 Å². The lowest BCUT2D eigenvalue weighted by molar-refractivity contribution is -0.131. The van der Waals surface area contributed by atoms with E-state index in [1.807, 2.05) is 24.3 Å². The molecule has 2 aromatic rings. The lowest BCUT2D eigenvalue weighted by Crippen LogP contribution is -2.46. The second-order valence-corrected chi connectivity index (χ2v) is 6.51. The quantitative estimate of drug-likeness (QED) is 0.398. The number of hydrogen-bond acceptors (Lipinski definition) is 4. The van der Waals surface area contributed by atoms with E-state index in [2.05, 4.69) is 27.9 Å². The van der Waals surface area contributed by atoms with Crippen LogP contribution in [0.1, 0.15) is 22.8 Å². The average molecular weight is 452 g/mol. The number of carbonyl (C=O) groups excluding carboxylic acids is 3. The van der Waals surface area contributed by atoms with Gasteiger partial charge in [0.25, 0.3) is 5.91 Å². The van der Waals surface area contributed by atoms with Crippen LogP contribution in [0.2, 0.25) is 0 Å². The predicted molar refractivity (Wildman–Crippen MR) is 101 cm³/mol. The molecule has 0 aliphatic rings. The molecule has 0 bridgehead atoms. The third kappa shape index (κ3) is 5.56. The summed E-state index contributed by atoms with van der Waals surface area (Å²) in [4.78, 5) is 35.2. The molecule has 0 fully saturated rings. The van der Waals surface area contributed by atoms with E-state index in [0.717, 1.165) is 9.13 Å². The molecule has 2 aromatic carbocycles. The van der Waals surface area contributed by atoms with E-state index in [4.69, 9.17) is 10.5 Å². The van der Waals surface area contributed by atoms with E-state index in [1.54, 1.807) is 18.2 Å². The maximum absolute atomic E-state index is 12.4. The molecule has 3 N–H and O–H groups in total. The standard InChI is InChI=1S/C18H17IN2O4/c1-11(22)25-14-7-4-6-13(9-14)18(24)21-16(17(20)23)10-12-5-2-3-8-15(12)19/h2-9,16H,10H2,1H3,(H2,20,23)(H,21,24)/t16-/m0/s1. The zero-order valence-electron chi connectivity index (χ0n) is 13.5. The Bertz CT molecular complexity index is 807. The minimum Gasteiger partial charge on any atom is -0.427 e. The molecule has 1 atom stereocenters. The van der Waals surface area contributed by atoms with Gasteiger partial charge in [-0.25, -0.2) is 0 Å². The number of primary amides is 1. The van der Waals surface area contributed by atoms with Crippen molar-refractivity contribution < 1.29 is 19.1 Å². The Morgan fingerprint density at radius 1 is 1.16 bits per heavy atom. The van der Waals surface area contributed by atoms with Crippen molar-refractivity contribution in [2.45, 2.75) is 19.4 Å². The van der Waals surface area contributed by atoms with Gasteiger partial charge < -0.3 is 15.8 Å². The van der Waals surface area contributed by atoms with Gasteiger partial charge in [0.2, 0.25) is 5.91 Å². The van der Waals surface area contributed by atoms with Crippen LogP contribution < -0.4 is 15.8 Å². The second kappa shape index (κ2) is 8.61. The number of halogens is 1. The lowest BCUT2D eigenvalue weighted by Gasteiger charge is -2.16. The second-order valence-electron chi connectivity index (χ2n) is 5.35. The number of ether oxygens (including phenoxy) is 1. The van der Waals surface area contributed by atoms with Crippen molar-refractivity contribution in [1.82, 2.24) is 5.32 Å². The highest BCUT2D eigenvalue weighted by molar-refractivity contribution is 14.1. The Hall–Kier alpha value is -2.42. The third-order valence-electron chi connectivity index (χ3n) is 3.39. The molecule has 0 heterocycles. The molecule has 6 nitrogen and oxygen atoms in total. The molecule has 7 heteroatoms. The van der Waals surface area contributed by atoms with Crippen molar-refractivity contribution >= 4 is 40.4 Å². The molecule has 0 saturated heterocycles. The van der Waals surface area contributed by atoms with Gasteiger partial charge in [-0.1, -0.05) is 24.3 Å². The van der Waals surface area contributed by atoms with Gasteiger partial charge >= 0.3 is 5.97 Å². The number of hydrogen-bond donors (Lipinski definition) is 2. The van der Waals surface area contributed by atoms with Gasteiger partial charge in [-0.05, 0) is 52.4 Å². The van der Waals surface area contributed by atoms with Crippen LogP contribution in [0.25, 0.3) is 0 Å². The fourth-order valence-electron chi connectivity index (χ4n) is 2.21. The maximum atomic E-state index is 12.4. The largest absolute Gasteiger partial charge is 0.427 e. The van der Waals surface area contributed by atoms with Crippen LogP contribution in [0.15, 0.2) is 48.5 Å². The first-order chi connectivity index (χ1) is 11.9. The summed E-state index contributed by atoms with van der Waals surface area (Å²) < 4.78 is 5.94. The van der Waals surface area contributed by atoms with Crippen molar-refractivity contribution in [1.29, 1.82) is 0 Å². The number of benzene rings is 2. The summed E-state index contributed by atoms with van der Waals surface area (Å²) in [5.41, 5.74) is 6.62. The molecule has 0 aliphatic heterocycles. The monoisotopic (exact) mass is 452 g/mol. The number of carbonyl (C=O) groups is 3. The van der Waals surface area contributed by atoms with Crippen LogP contribution in [0.4, 0.5) is 0 Å². The normalized spacial score (nSPS) is 11.4. The van der Waals surface area contributed by atoms with E-state index in [1.165, 1.54) is 13.0 Å². The number of nitrogens with one attached hydrogen (secondary N) is 1. The van der Waals surface area contributed by atoms with Crippen LogP contribution >= 0.6 is 22.6 Å². The molecule has 2 rings (SSSR count). The van der Waals surface area contributed by atoms with Crippen molar-refractivity contribution in [3.63, 3.8) is 0 Å². The highest BCUT2D eigenvalue weighted by Gasteiger charge is 2.20. The molecule has 0 aliphatic carbocycles. The SMILES string of the molecule is CC(=O)Oc1cccc(C(=O)N[C@@H](Cc2ccccc2I)C(N)=O)c1. The molecule has 2 amide bonds. The van der Waals surface area contributed by atoms with Crippen molar-refractivity contribution in [2.24, 2.45) is 5.73 Å². The first-order valence-electron chi connectivity index (χ1n) is 7.49. The van der Waals surface area contributed by atoms with Gasteiger partial charge in [-0.2, -0.15) is 0 Å². The molecule has 0 unspecified atom stereocenters. The van der Waals surface area contributed by atoms with Crippen LogP contribution in [-0.4, -0.2) is 23.8 Å². The minimum absolute atomic E-state index is 0.258. The molecule has 0 aromatic heterocycles. The van der Waals surface area contributed by atoms with Gasteiger partial charge in [0.1, 0.15) is 11.8 Å². The molecule has 0 saturated carbocycles. The topological polar surface area (TPSA) is 98.5 Å². The molecular weight excluding hydrogens is 435 g/mol. The highest BCUT2D eigenvalue weighted by Crippen LogP contribution is 2.16. The fraction of sp³-hybridized carbons (Fsp3) is 0.167. The summed E-state index contributed by atoms with van der Waals surface area (Å²) in [6.45, 7) is 1.28. The fourth-order valence-corrected chi connectivity index (χ4v) is 2.82. The van der Waals surface area contributed by atoms with Crippen LogP contribution in [0.5, 0.6) is 5.75 Å². The summed E-state index contributed by atoms with van der Waals surface area (Å²) in [5, 5.41) is 2.63. The zero-order valence-corrected chi connectivity index (χ0v) is 15.6. The Balaban J connectivity index is 2.14. The van der Waals surface area contributed by atoms with Gasteiger partial charge in [0.15, 0.2) is 0 Å². The van der Waals surface area contributed by atoms with E-state index >= 15 is 0 Å². The van der Waals surface area contributed by atoms with Gasteiger partial charge in [-0.3, -0.25) is 14.4 Å². The van der Waals surface area contributed by atoms with Gasteiger partial charge in [-0.15, -0.1) is 0 Å². The molecule has 0 radical (unpaired) electrons. The Morgan fingerprint density at radius 3 is 2.52 bits per heavy atom. The summed E-state index contributed by atoms with van der Waals surface area (Å²) in [5.74, 6) is -1.31. The molecule has 130 valence electrons. The summed E-state index contributed by atoms with van der Waals surface area (Å²) >= 11 is 2.16. The van der Waals surface area contributed by atoms with E-state index in [-0.39, 0.29) is 11.3 Å². The third-order valence-corrected chi connectivity index (χ3v) is 4.44. The maximum Gasteiger partial charge on any atom is 0.308 e. The highest BCUT2D eigenvalue weighted by atomic mass is 127. The predicted octanol–water partition coefficient (Wildman–Crippen LogP) is 2.04. The van der Waals surface area contributed by atoms with Crippen molar-refractivity contribution in [3.8, 4) is 5.75 Å². The van der Waals surface area contributed by atoms with E-state index < -0.39 is 23.8 Å². The number of nitrogens with two attached hydrogens (primary N) is 1. The molecule has 0 spiro atoms. The number of esters is 1. The molecule has 25 heavy (non-hydrogen) atoms. The average Bonchev–Trinajstić information content (AvgIpc) is 2.55. The first-order valence-corrected chi connectivity index (χ1v) is 8.56. The van der Waals surface area contributed by atoms with Crippen LogP contribution in [0, 0.1) is 3.57 Å². The molecular formula is C18H17IN2O4. The summed E-state index contributed by atoms with van der Waals surface area (Å²) in [6.07, 6.45) is 0.295. The van der Waals surface area contributed by atoms with E-state index in [0.29, 0.717) is 6.42 Å². The lowest BCUT2D eigenvalue weighted by atomic mass is 10.0. The number of amides is 2. The summed E-state index contributed by atoms with van der Waals surface area (Å²) in [7, 11) is 0. The van der Waals surface area contributed by atoms with Gasteiger partial charge in [0, 0.05) is 22.5 Å². The zero-order chi connectivity index (χ0) is 18.4. The Morgan fingerprint density at radius 2 is 1.88 bits per heavy atom. The van der Waals surface area contributed by atoms with E-state index in [9.17, 15) is 14.4 Å². The summed E-state index contributed by atoms with van der Waals surface area (Å²) in [6, 6.07) is 12.9. The van der Waals surface area contributed by atoms with Crippen LogP contribution in [0.3, 0.4) is 0 Å². The van der Waals surface area contributed by atoms with Crippen LogP contribution in [-0.2, 0) is 16.0 Å². The Kier molecular flexibility index (Phi) is 6.51.